The molecule has 1 atom stereocenters. The van der Waals surface area contributed by atoms with Gasteiger partial charge in [0.25, 0.3) is 0 Å². The van der Waals surface area contributed by atoms with E-state index in [2.05, 4.69) is 18.7 Å². The lowest BCUT2D eigenvalue weighted by atomic mass is 10.0. The van der Waals surface area contributed by atoms with E-state index in [9.17, 15) is 0 Å². The van der Waals surface area contributed by atoms with E-state index in [1.54, 1.807) is 0 Å². The van der Waals surface area contributed by atoms with Crippen LogP contribution in [-0.2, 0) is 6.61 Å². The first-order valence-corrected chi connectivity index (χ1v) is 6.82. The average Bonchev–Trinajstić information content (AvgIpc) is 2.46. The fraction of sp³-hybridized carbons (Fsp3) is 0.222. The van der Waals surface area contributed by atoms with Crippen LogP contribution in [0.25, 0.3) is 0 Å². The van der Waals surface area contributed by atoms with Gasteiger partial charge in [-0.1, -0.05) is 48.0 Å². The van der Waals surface area contributed by atoms with Gasteiger partial charge >= 0.3 is 0 Å². The van der Waals surface area contributed by atoms with Gasteiger partial charge in [0.2, 0.25) is 0 Å². The van der Waals surface area contributed by atoms with Gasteiger partial charge in [0.15, 0.2) is 0 Å². The highest BCUT2D eigenvalue weighted by molar-refractivity contribution is 5.85. The molecule has 0 aliphatic rings. The number of ether oxygens (including phenoxy) is 1. The Labute approximate surface area is 133 Å². The molecule has 0 amide bonds. The molecule has 21 heavy (non-hydrogen) atoms. The van der Waals surface area contributed by atoms with Crippen LogP contribution in [0.3, 0.4) is 0 Å². The summed E-state index contributed by atoms with van der Waals surface area (Å²) in [4.78, 5) is 0. The zero-order valence-electron chi connectivity index (χ0n) is 12.3. The van der Waals surface area contributed by atoms with Crippen molar-refractivity contribution in [1.29, 1.82) is 0 Å². The van der Waals surface area contributed by atoms with Crippen LogP contribution >= 0.6 is 12.4 Å². The molecule has 2 aromatic carbocycles. The minimum Gasteiger partial charge on any atom is -0.489 e. The van der Waals surface area contributed by atoms with Gasteiger partial charge < -0.3 is 10.5 Å². The van der Waals surface area contributed by atoms with Crippen LogP contribution in [0.15, 0.2) is 66.7 Å². The van der Waals surface area contributed by atoms with E-state index in [1.807, 2.05) is 49.4 Å². The molecular weight excluding hydrogens is 282 g/mol. The molecule has 0 fully saturated rings. The molecule has 0 radical (unpaired) electrons. The predicted octanol–water partition coefficient (Wildman–Crippen LogP) is 4.65. The first-order chi connectivity index (χ1) is 9.65. The van der Waals surface area contributed by atoms with Crippen LogP contribution in [0.2, 0.25) is 0 Å². The molecule has 112 valence electrons. The Hall–Kier alpha value is -1.77. The molecule has 2 nitrogen and oxygen atoms in total. The third kappa shape index (κ3) is 5.62. The highest BCUT2D eigenvalue weighted by Crippen LogP contribution is 2.21. The van der Waals surface area contributed by atoms with Gasteiger partial charge in [-0.15, -0.1) is 19.0 Å². The van der Waals surface area contributed by atoms with Gasteiger partial charge in [0, 0.05) is 6.04 Å². The summed E-state index contributed by atoms with van der Waals surface area (Å²) in [6.45, 7) is 6.48. The smallest absolute Gasteiger partial charge is 0.119 e. The summed E-state index contributed by atoms with van der Waals surface area (Å²) >= 11 is 0. The molecular formula is C18H22ClNO. The van der Waals surface area contributed by atoms with Crippen molar-refractivity contribution in [3.8, 4) is 5.75 Å². The fourth-order valence-corrected chi connectivity index (χ4v) is 2.05. The monoisotopic (exact) mass is 303 g/mol. The van der Waals surface area contributed by atoms with Gasteiger partial charge in [0.05, 0.1) is 0 Å². The molecule has 0 aromatic heterocycles. The van der Waals surface area contributed by atoms with Crippen molar-refractivity contribution in [2.24, 2.45) is 5.73 Å². The van der Waals surface area contributed by atoms with Crippen molar-refractivity contribution in [3.05, 3.63) is 77.9 Å². The van der Waals surface area contributed by atoms with E-state index in [4.69, 9.17) is 10.5 Å². The number of hydrogen-bond donors (Lipinski definition) is 1. The predicted molar refractivity (Wildman–Crippen MR) is 90.8 cm³/mol. The minimum atomic E-state index is 0. The molecule has 0 spiro atoms. The summed E-state index contributed by atoms with van der Waals surface area (Å²) in [5.74, 6) is 0.861. The summed E-state index contributed by atoms with van der Waals surface area (Å²) < 4.78 is 5.75. The number of benzene rings is 2. The van der Waals surface area contributed by atoms with Crippen LogP contribution in [0, 0.1) is 0 Å². The van der Waals surface area contributed by atoms with Gasteiger partial charge in [-0.3, -0.25) is 0 Å². The number of rotatable bonds is 6. The average molecular weight is 304 g/mol. The Morgan fingerprint density at radius 1 is 1.10 bits per heavy atom. The van der Waals surface area contributed by atoms with Crippen LogP contribution in [-0.4, -0.2) is 0 Å². The van der Waals surface area contributed by atoms with E-state index in [0.717, 1.165) is 28.9 Å². The van der Waals surface area contributed by atoms with Crippen molar-refractivity contribution in [3.63, 3.8) is 0 Å². The van der Waals surface area contributed by atoms with E-state index >= 15 is 0 Å². The Morgan fingerprint density at radius 3 is 2.29 bits per heavy atom. The normalized spacial score (nSPS) is 11.3. The standard InChI is InChI=1S/C18H21NO.ClH/c1-14(2)12-18(19)16-8-10-17(11-9-16)20-13-15-6-4-3-5-7-15;/h3-11,18H,1,12-13,19H2,2H3;1H/t18-;/m1./s1. The summed E-state index contributed by atoms with van der Waals surface area (Å²) in [6.07, 6.45) is 0.810. The van der Waals surface area contributed by atoms with Crippen molar-refractivity contribution < 1.29 is 4.74 Å². The lowest BCUT2D eigenvalue weighted by molar-refractivity contribution is 0.306. The van der Waals surface area contributed by atoms with E-state index < -0.39 is 0 Å². The van der Waals surface area contributed by atoms with Crippen LogP contribution in [0.5, 0.6) is 5.75 Å². The van der Waals surface area contributed by atoms with Crippen LogP contribution < -0.4 is 10.5 Å². The Balaban J connectivity index is 0.00000220. The molecule has 0 saturated heterocycles. The zero-order chi connectivity index (χ0) is 14.4. The number of nitrogens with two attached hydrogens (primary N) is 1. The number of halogens is 1. The molecule has 0 heterocycles. The molecule has 2 aromatic rings. The fourth-order valence-electron chi connectivity index (χ4n) is 2.05. The summed E-state index contributed by atoms with van der Waals surface area (Å²) in [5.41, 5.74) is 9.48. The lowest BCUT2D eigenvalue weighted by Gasteiger charge is -2.13. The second kappa shape index (κ2) is 8.50. The summed E-state index contributed by atoms with van der Waals surface area (Å²) in [6, 6.07) is 18.1. The second-order valence-electron chi connectivity index (χ2n) is 5.11. The summed E-state index contributed by atoms with van der Waals surface area (Å²) in [5, 5.41) is 0. The molecule has 2 N–H and O–H groups in total. The molecule has 0 aliphatic heterocycles. The molecule has 0 aliphatic carbocycles. The maximum Gasteiger partial charge on any atom is 0.119 e. The molecule has 0 saturated carbocycles. The first kappa shape index (κ1) is 17.3. The lowest BCUT2D eigenvalue weighted by Crippen LogP contribution is -2.10. The third-order valence-corrected chi connectivity index (χ3v) is 3.12. The topological polar surface area (TPSA) is 35.2 Å². The van der Waals surface area contributed by atoms with Crippen molar-refractivity contribution in [2.45, 2.75) is 26.0 Å². The largest absolute Gasteiger partial charge is 0.489 e. The SMILES string of the molecule is C=C(C)C[C@@H](N)c1ccc(OCc2ccccc2)cc1.Cl. The summed E-state index contributed by atoms with van der Waals surface area (Å²) in [7, 11) is 0. The highest BCUT2D eigenvalue weighted by atomic mass is 35.5. The maximum absolute atomic E-state index is 6.11. The first-order valence-electron chi connectivity index (χ1n) is 6.82. The molecule has 2 rings (SSSR count). The van der Waals surface area contributed by atoms with Gasteiger partial charge in [-0.25, -0.2) is 0 Å². The van der Waals surface area contributed by atoms with Gasteiger partial charge in [-0.05, 0) is 36.6 Å². The minimum absolute atomic E-state index is 0. The quantitative estimate of drug-likeness (QED) is 0.788. The van der Waals surface area contributed by atoms with E-state index in [1.165, 1.54) is 0 Å². The Morgan fingerprint density at radius 2 is 1.71 bits per heavy atom. The van der Waals surface area contributed by atoms with Gasteiger partial charge in [-0.2, -0.15) is 0 Å². The van der Waals surface area contributed by atoms with Crippen molar-refractivity contribution in [2.75, 3.05) is 0 Å². The second-order valence-corrected chi connectivity index (χ2v) is 5.11. The maximum atomic E-state index is 6.11. The van der Waals surface area contributed by atoms with Crippen LogP contribution in [0.4, 0.5) is 0 Å². The Bertz CT molecular complexity index is 551. The van der Waals surface area contributed by atoms with Crippen molar-refractivity contribution >= 4 is 12.4 Å². The zero-order valence-corrected chi connectivity index (χ0v) is 13.1. The van der Waals surface area contributed by atoms with Crippen molar-refractivity contribution in [1.82, 2.24) is 0 Å². The third-order valence-electron chi connectivity index (χ3n) is 3.12. The van der Waals surface area contributed by atoms with E-state index in [0.29, 0.717) is 6.61 Å². The molecule has 0 unspecified atom stereocenters. The Kier molecular flexibility index (Phi) is 7.00. The van der Waals surface area contributed by atoms with E-state index in [-0.39, 0.29) is 18.4 Å². The highest BCUT2D eigenvalue weighted by Gasteiger charge is 2.06. The van der Waals surface area contributed by atoms with Crippen LogP contribution in [0.1, 0.15) is 30.5 Å². The van der Waals surface area contributed by atoms with Gasteiger partial charge in [0.1, 0.15) is 12.4 Å². The number of hydrogen-bond acceptors (Lipinski definition) is 2. The molecule has 3 heteroatoms. The molecule has 0 bridgehead atoms.